The van der Waals surface area contributed by atoms with Crippen LogP contribution in [0.2, 0.25) is 0 Å². The number of fused-ring (bicyclic) bond motifs is 1. The Kier molecular flexibility index (Phi) is 10.3. The molecule has 0 aliphatic carbocycles. The maximum atomic E-state index is 11.3. The number of methoxy groups -OCH3 is 1. The second-order valence-electron chi connectivity index (χ2n) is 10.0. The maximum Gasteiger partial charge on any atom is 0.303 e. The molecule has 0 radical (unpaired) electrons. The Bertz CT molecular complexity index is 1170. The van der Waals surface area contributed by atoms with E-state index in [1.807, 2.05) is 47.4 Å². The molecule has 1 aliphatic rings. The second kappa shape index (κ2) is 13.6. The molecule has 200 valence electrons. The number of thiophene rings is 1. The lowest BCUT2D eigenvalue weighted by atomic mass is 9.79. The van der Waals surface area contributed by atoms with E-state index >= 15 is 0 Å². The van der Waals surface area contributed by atoms with Gasteiger partial charge in [0.15, 0.2) is 0 Å². The number of aryl methyl sites for hydroxylation is 1. The second-order valence-corrected chi connectivity index (χ2v) is 12.3. The highest BCUT2D eigenvalue weighted by molar-refractivity contribution is 8.01. The van der Waals surface area contributed by atoms with Gasteiger partial charge >= 0.3 is 5.97 Å². The minimum Gasteiger partial charge on any atom is -0.497 e. The van der Waals surface area contributed by atoms with Crippen molar-refractivity contribution in [2.75, 3.05) is 32.5 Å². The fourth-order valence-corrected chi connectivity index (χ4v) is 7.52. The van der Waals surface area contributed by atoms with E-state index in [-0.39, 0.29) is 6.42 Å². The van der Waals surface area contributed by atoms with Gasteiger partial charge in [0.05, 0.1) is 22.9 Å². The fourth-order valence-electron chi connectivity index (χ4n) is 5.43. The Morgan fingerprint density at radius 2 is 2.14 bits per heavy atom. The summed E-state index contributed by atoms with van der Waals surface area (Å²) in [7, 11) is 1.64. The number of hydrogen-bond acceptors (Lipinski definition) is 7. The van der Waals surface area contributed by atoms with Crippen LogP contribution >= 0.6 is 23.1 Å². The van der Waals surface area contributed by atoms with Crippen LogP contribution in [0.25, 0.3) is 10.9 Å². The predicted molar refractivity (Wildman–Crippen MR) is 152 cm³/mol. The number of piperidine rings is 1. The number of aliphatic hydroxyl groups excluding tert-OH is 1. The highest BCUT2D eigenvalue weighted by Crippen LogP contribution is 2.35. The van der Waals surface area contributed by atoms with Crippen LogP contribution in [0.15, 0.2) is 46.1 Å². The van der Waals surface area contributed by atoms with Crippen LogP contribution < -0.4 is 4.74 Å². The van der Waals surface area contributed by atoms with Gasteiger partial charge in [-0.2, -0.15) is 0 Å². The van der Waals surface area contributed by atoms with Crippen molar-refractivity contribution in [2.45, 2.75) is 55.8 Å². The molecule has 3 heterocycles. The average molecular weight is 543 g/mol. The molecule has 1 fully saturated rings. The summed E-state index contributed by atoms with van der Waals surface area (Å²) in [4.78, 5) is 18.3. The van der Waals surface area contributed by atoms with Crippen molar-refractivity contribution in [3.63, 3.8) is 0 Å². The number of hydrogen-bond donors (Lipinski definition) is 2. The average Bonchev–Trinajstić information content (AvgIpc) is 3.32. The Balaban J connectivity index is 1.32. The summed E-state index contributed by atoms with van der Waals surface area (Å²) < 4.78 is 6.79. The van der Waals surface area contributed by atoms with Gasteiger partial charge in [0.1, 0.15) is 5.75 Å². The highest BCUT2D eigenvalue weighted by atomic mass is 32.2. The number of rotatable bonds is 13. The molecule has 6 nitrogen and oxygen atoms in total. The SMILES string of the molecule is COc1ccc2nccc([C@H](O)CC[C@@H]3CCN(CCCSc4sccc4C)C[C@H]3CCC(=O)O)c2c1. The minimum absolute atomic E-state index is 0.208. The van der Waals surface area contributed by atoms with Crippen molar-refractivity contribution in [3.8, 4) is 5.75 Å². The molecular weight excluding hydrogens is 504 g/mol. The number of thioether (sulfide) groups is 1. The maximum absolute atomic E-state index is 11.3. The normalized spacial score (nSPS) is 19.2. The number of carboxylic acid groups (broad SMARTS) is 1. The monoisotopic (exact) mass is 542 g/mol. The summed E-state index contributed by atoms with van der Waals surface area (Å²) in [6.45, 7) is 5.22. The summed E-state index contributed by atoms with van der Waals surface area (Å²) in [6, 6.07) is 9.81. The summed E-state index contributed by atoms with van der Waals surface area (Å²) in [5.74, 6) is 1.90. The zero-order valence-corrected chi connectivity index (χ0v) is 23.4. The first-order valence-electron chi connectivity index (χ1n) is 13.2. The van der Waals surface area contributed by atoms with Gasteiger partial charge in [0.25, 0.3) is 0 Å². The van der Waals surface area contributed by atoms with E-state index in [9.17, 15) is 15.0 Å². The molecule has 0 bridgehead atoms. The number of ether oxygens (including phenoxy) is 1. The summed E-state index contributed by atoms with van der Waals surface area (Å²) >= 11 is 3.76. The number of aliphatic hydroxyl groups is 1. The lowest BCUT2D eigenvalue weighted by Gasteiger charge is -2.39. The number of carboxylic acids is 1. The Morgan fingerprint density at radius 3 is 2.89 bits per heavy atom. The Morgan fingerprint density at radius 1 is 1.27 bits per heavy atom. The topological polar surface area (TPSA) is 82.9 Å². The first-order chi connectivity index (χ1) is 17.9. The molecule has 0 spiro atoms. The lowest BCUT2D eigenvalue weighted by Crippen LogP contribution is -2.41. The molecular formula is C29H38N2O4S2. The lowest BCUT2D eigenvalue weighted by molar-refractivity contribution is -0.137. The van der Waals surface area contributed by atoms with Crippen molar-refractivity contribution in [2.24, 2.45) is 11.8 Å². The molecule has 3 atom stereocenters. The number of nitrogens with zero attached hydrogens (tertiary/aromatic N) is 2. The van der Waals surface area contributed by atoms with E-state index in [0.717, 1.165) is 66.9 Å². The quantitative estimate of drug-likeness (QED) is 0.191. The smallest absolute Gasteiger partial charge is 0.303 e. The number of benzene rings is 1. The predicted octanol–water partition coefficient (Wildman–Crippen LogP) is 6.41. The Labute approximate surface area is 228 Å². The number of aromatic nitrogens is 1. The van der Waals surface area contributed by atoms with E-state index in [2.05, 4.69) is 28.3 Å². The van der Waals surface area contributed by atoms with E-state index in [1.165, 1.54) is 9.77 Å². The van der Waals surface area contributed by atoms with Crippen molar-refractivity contribution in [1.29, 1.82) is 0 Å². The van der Waals surface area contributed by atoms with Gasteiger partial charge in [-0.25, -0.2) is 0 Å². The van der Waals surface area contributed by atoms with Crippen LogP contribution in [0.4, 0.5) is 0 Å². The molecule has 2 N–H and O–H groups in total. The van der Waals surface area contributed by atoms with Gasteiger partial charge in [-0.15, -0.1) is 23.1 Å². The molecule has 37 heavy (non-hydrogen) atoms. The van der Waals surface area contributed by atoms with Gasteiger partial charge < -0.3 is 19.8 Å². The van der Waals surface area contributed by atoms with Crippen LogP contribution in [0.5, 0.6) is 5.75 Å². The molecule has 1 saturated heterocycles. The van der Waals surface area contributed by atoms with Gasteiger partial charge in [-0.05, 0) is 111 Å². The van der Waals surface area contributed by atoms with Crippen molar-refractivity contribution >= 4 is 40.0 Å². The number of likely N-dealkylation sites (tertiary alicyclic amines) is 1. The van der Waals surface area contributed by atoms with Crippen LogP contribution in [0, 0.1) is 18.8 Å². The number of aliphatic carboxylic acids is 1. The standard InChI is InChI=1S/C29H38N2O4S2/c1-20-12-17-37-29(20)36-16-3-14-31-15-11-21(22(19-31)5-9-28(33)34)4-8-27(32)24-10-13-30-26-7-6-23(35-2)18-25(24)26/h6-7,10,12-13,17-18,21-22,27,32H,3-5,8-9,11,14-16,19H2,1-2H3,(H,33,34)/t21-,22-,27-/m1/s1. The summed E-state index contributed by atoms with van der Waals surface area (Å²) in [5, 5.41) is 23.5. The molecule has 0 saturated carbocycles. The zero-order chi connectivity index (χ0) is 26.2. The summed E-state index contributed by atoms with van der Waals surface area (Å²) in [5.41, 5.74) is 3.09. The molecule has 1 aromatic carbocycles. The van der Waals surface area contributed by atoms with Gasteiger partial charge in [0, 0.05) is 30.3 Å². The van der Waals surface area contributed by atoms with Crippen molar-refractivity contribution in [1.82, 2.24) is 9.88 Å². The molecule has 0 amide bonds. The Hall–Kier alpha value is -2.13. The van der Waals surface area contributed by atoms with Crippen LogP contribution in [0.3, 0.4) is 0 Å². The number of carbonyl (C=O) groups is 1. The largest absolute Gasteiger partial charge is 0.497 e. The molecule has 4 rings (SSSR count). The highest BCUT2D eigenvalue weighted by Gasteiger charge is 2.30. The van der Waals surface area contributed by atoms with E-state index in [4.69, 9.17) is 4.74 Å². The minimum atomic E-state index is -0.726. The third kappa shape index (κ3) is 7.69. The third-order valence-corrected chi connectivity index (χ3v) is 10.1. The zero-order valence-electron chi connectivity index (χ0n) is 21.8. The van der Waals surface area contributed by atoms with Crippen molar-refractivity contribution in [3.05, 3.63) is 53.0 Å². The first kappa shape index (κ1) is 27.9. The van der Waals surface area contributed by atoms with Crippen LogP contribution in [-0.2, 0) is 4.79 Å². The molecule has 0 unspecified atom stereocenters. The third-order valence-electron chi connectivity index (χ3n) is 7.52. The van der Waals surface area contributed by atoms with Crippen LogP contribution in [0.1, 0.15) is 55.8 Å². The van der Waals surface area contributed by atoms with Gasteiger partial charge in [0.2, 0.25) is 0 Å². The fraction of sp³-hybridized carbons (Fsp3) is 0.517. The van der Waals surface area contributed by atoms with Crippen molar-refractivity contribution < 1.29 is 19.7 Å². The van der Waals surface area contributed by atoms with Crippen LogP contribution in [-0.4, -0.2) is 58.6 Å². The van der Waals surface area contributed by atoms with Gasteiger partial charge in [-0.1, -0.05) is 0 Å². The summed E-state index contributed by atoms with van der Waals surface area (Å²) in [6.07, 6.45) is 5.80. The van der Waals surface area contributed by atoms with E-state index in [0.29, 0.717) is 24.7 Å². The van der Waals surface area contributed by atoms with E-state index < -0.39 is 12.1 Å². The first-order valence-corrected chi connectivity index (χ1v) is 15.0. The van der Waals surface area contributed by atoms with E-state index in [1.54, 1.807) is 13.3 Å². The number of pyridine rings is 1. The molecule has 1 aliphatic heterocycles. The van der Waals surface area contributed by atoms with Gasteiger partial charge in [-0.3, -0.25) is 9.78 Å². The molecule has 8 heteroatoms. The molecule has 3 aromatic rings. The molecule has 2 aromatic heterocycles.